The van der Waals surface area contributed by atoms with Crippen molar-refractivity contribution in [2.75, 3.05) is 18.0 Å². The Hall–Kier alpha value is -2.01. The summed E-state index contributed by atoms with van der Waals surface area (Å²) in [4.78, 5) is 15.1. The molecule has 0 spiro atoms. The van der Waals surface area contributed by atoms with Gasteiger partial charge in [0.05, 0.1) is 16.4 Å². The van der Waals surface area contributed by atoms with E-state index in [1.165, 1.54) is 24.8 Å². The number of amides is 1. The summed E-state index contributed by atoms with van der Waals surface area (Å²) in [5.74, 6) is -0.0587. The lowest BCUT2D eigenvalue weighted by molar-refractivity contribution is 0.0940. The summed E-state index contributed by atoms with van der Waals surface area (Å²) in [6, 6.07) is 5.59. The van der Waals surface area contributed by atoms with Gasteiger partial charge >= 0.3 is 0 Å². The number of nitrogens with one attached hydrogen (secondary N) is 1. The third kappa shape index (κ3) is 4.46. The zero-order valence-corrected chi connectivity index (χ0v) is 17.4. The summed E-state index contributed by atoms with van der Waals surface area (Å²) < 4.78 is 1.89. The minimum Gasteiger partial charge on any atom is -0.370 e. The number of rotatable bonds is 5. The highest BCUT2D eigenvalue weighted by atomic mass is 35.5. The molecule has 1 aromatic carbocycles. The quantitative estimate of drug-likeness (QED) is 0.840. The van der Waals surface area contributed by atoms with Crippen molar-refractivity contribution in [1.82, 2.24) is 15.1 Å². The first-order valence-electron chi connectivity index (χ1n) is 9.71. The molecule has 3 rings (SSSR count). The second-order valence-electron chi connectivity index (χ2n) is 7.57. The van der Waals surface area contributed by atoms with Crippen LogP contribution in [0.2, 0.25) is 5.02 Å². The molecule has 146 valence electrons. The number of hydrogen-bond donors (Lipinski definition) is 1. The first kappa shape index (κ1) is 19.7. The van der Waals surface area contributed by atoms with Crippen LogP contribution in [0.3, 0.4) is 0 Å². The minimum atomic E-state index is -0.0587. The molecule has 0 aliphatic carbocycles. The number of benzene rings is 1. The van der Waals surface area contributed by atoms with E-state index in [0.29, 0.717) is 10.6 Å². The van der Waals surface area contributed by atoms with Crippen LogP contribution in [-0.4, -0.2) is 34.8 Å². The van der Waals surface area contributed by atoms with E-state index in [2.05, 4.69) is 22.2 Å². The van der Waals surface area contributed by atoms with Crippen molar-refractivity contribution in [2.45, 2.75) is 52.5 Å². The van der Waals surface area contributed by atoms with Crippen molar-refractivity contribution in [2.24, 2.45) is 7.05 Å². The number of carbonyl (C=O) groups excluding carboxylic acids is 1. The van der Waals surface area contributed by atoms with Gasteiger partial charge in [0.2, 0.25) is 0 Å². The van der Waals surface area contributed by atoms with Crippen molar-refractivity contribution >= 4 is 23.2 Å². The Balaban J connectivity index is 1.70. The lowest BCUT2D eigenvalue weighted by Crippen LogP contribution is -2.35. The molecular formula is C21H29ClN4O. The van der Waals surface area contributed by atoms with Gasteiger partial charge in [-0.15, -0.1) is 0 Å². The van der Waals surface area contributed by atoms with Gasteiger partial charge in [-0.2, -0.15) is 5.10 Å². The van der Waals surface area contributed by atoms with Gasteiger partial charge in [-0.25, -0.2) is 0 Å². The Kier molecular flexibility index (Phi) is 6.10. The molecule has 1 aromatic heterocycles. The third-order valence-corrected chi connectivity index (χ3v) is 5.77. The van der Waals surface area contributed by atoms with E-state index >= 15 is 0 Å². The molecule has 6 heteroatoms. The smallest absolute Gasteiger partial charge is 0.251 e. The van der Waals surface area contributed by atoms with E-state index in [-0.39, 0.29) is 11.9 Å². The van der Waals surface area contributed by atoms with Crippen LogP contribution in [0.4, 0.5) is 5.69 Å². The highest BCUT2D eigenvalue weighted by Gasteiger charge is 2.18. The normalized spacial score (nSPS) is 15.7. The van der Waals surface area contributed by atoms with Gasteiger partial charge in [0.15, 0.2) is 0 Å². The molecule has 0 bridgehead atoms. The SMILES string of the molecule is Cc1nn(C)c(C)c1C[C@@H](C)NC(=O)c1ccc(Cl)c(N2CCCCC2)c1. The maximum Gasteiger partial charge on any atom is 0.251 e. The van der Waals surface area contributed by atoms with Crippen molar-refractivity contribution in [1.29, 1.82) is 0 Å². The Morgan fingerprint density at radius 1 is 1.26 bits per heavy atom. The molecule has 1 saturated heterocycles. The van der Waals surface area contributed by atoms with Crippen LogP contribution in [0.1, 0.15) is 53.5 Å². The van der Waals surface area contributed by atoms with E-state index < -0.39 is 0 Å². The maximum atomic E-state index is 12.8. The van der Waals surface area contributed by atoms with E-state index in [0.717, 1.165) is 36.6 Å². The minimum absolute atomic E-state index is 0.0215. The molecule has 0 unspecified atom stereocenters. The van der Waals surface area contributed by atoms with Crippen molar-refractivity contribution < 1.29 is 4.79 Å². The summed E-state index contributed by atoms with van der Waals surface area (Å²) in [6.07, 6.45) is 4.38. The molecule has 0 saturated carbocycles. The van der Waals surface area contributed by atoms with Crippen LogP contribution < -0.4 is 10.2 Å². The fourth-order valence-corrected chi connectivity index (χ4v) is 4.05. The molecule has 2 heterocycles. The number of aromatic nitrogens is 2. The Labute approximate surface area is 166 Å². The lowest BCUT2D eigenvalue weighted by Gasteiger charge is -2.30. The third-order valence-electron chi connectivity index (χ3n) is 5.45. The molecule has 1 aliphatic rings. The molecule has 1 atom stereocenters. The Bertz CT molecular complexity index is 824. The summed E-state index contributed by atoms with van der Waals surface area (Å²) in [5, 5.41) is 8.29. The van der Waals surface area contributed by atoms with Crippen molar-refractivity contribution in [3.63, 3.8) is 0 Å². The number of aryl methyl sites for hydroxylation is 2. The maximum absolute atomic E-state index is 12.8. The molecule has 1 fully saturated rings. The highest BCUT2D eigenvalue weighted by Crippen LogP contribution is 2.29. The summed E-state index contributed by atoms with van der Waals surface area (Å²) in [7, 11) is 1.95. The van der Waals surface area contributed by atoms with Crippen LogP contribution in [0.25, 0.3) is 0 Å². The van der Waals surface area contributed by atoms with Gasteiger partial charge < -0.3 is 10.2 Å². The molecule has 2 aromatic rings. The second-order valence-corrected chi connectivity index (χ2v) is 7.97. The fourth-order valence-electron chi connectivity index (χ4n) is 3.81. The monoisotopic (exact) mass is 388 g/mol. The first-order chi connectivity index (χ1) is 12.9. The average Bonchev–Trinajstić information content (AvgIpc) is 2.89. The van der Waals surface area contributed by atoms with E-state index in [1.807, 2.05) is 37.7 Å². The standard InChI is InChI=1S/C21H29ClN4O/c1-14(12-18-15(2)24-25(4)16(18)3)23-21(27)17-8-9-19(22)20(13-17)26-10-6-5-7-11-26/h8-9,13-14H,5-7,10-12H2,1-4H3,(H,23,27)/t14-/m1/s1. The zero-order chi connectivity index (χ0) is 19.6. The van der Waals surface area contributed by atoms with Gasteiger partial charge in [0, 0.05) is 37.4 Å². The molecule has 1 N–H and O–H groups in total. The number of carbonyl (C=O) groups is 1. The van der Waals surface area contributed by atoms with E-state index in [1.54, 1.807) is 6.07 Å². The predicted octanol–water partition coefficient (Wildman–Crippen LogP) is 4.04. The van der Waals surface area contributed by atoms with Crippen molar-refractivity contribution in [3.8, 4) is 0 Å². The van der Waals surface area contributed by atoms with Crippen LogP contribution >= 0.6 is 11.6 Å². The second kappa shape index (κ2) is 8.34. The largest absolute Gasteiger partial charge is 0.370 e. The topological polar surface area (TPSA) is 50.2 Å². The highest BCUT2D eigenvalue weighted by molar-refractivity contribution is 6.33. The molecule has 0 radical (unpaired) electrons. The van der Waals surface area contributed by atoms with E-state index in [9.17, 15) is 4.79 Å². The Morgan fingerprint density at radius 2 is 1.96 bits per heavy atom. The van der Waals surface area contributed by atoms with Crippen LogP contribution in [-0.2, 0) is 13.5 Å². The first-order valence-corrected chi connectivity index (χ1v) is 10.1. The van der Waals surface area contributed by atoms with Gasteiger partial charge in [-0.3, -0.25) is 9.48 Å². The van der Waals surface area contributed by atoms with Gasteiger partial charge in [0.25, 0.3) is 5.91 Å². The van der Waals surface area contributed by atoms with Crippen molar-refractivity contribution in [3.05, 3.63) is 45.7 Å². The van der Waals surface area contributed by atoms with E-state index in [4.69, 9.17) is 11.6 Å². The average molecular weight is 389 g/mol. The number of nitrogens with zero attached hydrogens (tertiary/aromatic N) is 3. The molecule has 27 heavy (non-hydrogen) atoms. The van der Waals surface area contributed by atoms with Crippen LogP contribution in [0.5, 0.6) is 0 Å². The number of anilines is 1. The zero-order valence-electron chi connectivity index (χ0n) is 16.7. The molecule has 5 nitrogen and oxygen atoms in total. The number of piperidine rings is 1. The molecule has 1 aliphatic heterocycles. The van der Waals surface area contributed by atoms with Gasteiger partial charge in [-0.1, -0.05) is 11.6 Å². The molecular weight excluding hydrogens is 360 g/mol. The fraction of sp³-hybridized carbons (Fsp3) is 0.524. The van der Waals surface area contributed by atoms with Gasteiger partial charge in [0.1, 0.15) is 0 Å². The lowest BCUT2D eigenvalue weighted by atomic mass is 10.0. The Morgan fingerprint density at radius 3 is 2.59 bits per heavy atom. The summed E-state index contributed by atoms with van der Waals surface area (Å²) in [6.45, 7) is 8.11. The molecule has 1 amide bonds. The van der Waals surface area contributed by atoms with Crippen LogP contribution in [0.15, 0.2) is 18.2 Å². The van der Waals surface area contributed by atoms with Crippen LogP contribution in [0, 0.1) is 13.8 Å². The summed E-state index contributed by atoms with van der Waals surface area (Å²) >= 11 is 6.40. The predicted molar refractivity (Wildman–Crippen MR) is 111 cm³/mol. The number of halogens is 1. The van der Waals surface area contributed by atoms with Gasteiger partial charge in [-0.05, 0) is 70.2 Å². The number of hydrogen-bond acceptors (Lipinski definition) is 3. The summed E-state index contributed by atoms with van der Waals surface area (Å²) in [5.41, 5.74) is 5.00.